The van der Waals surface area contributed by atoms with Crippen LogP contribution in [0, 0.1) is 33.8 Å². The van der Waals surface area contributed by atoms with Gasteiger partial charge in [0, 0.05) is 29.3 Å². The van der Waals surface area contributed by atoms with Crippen LogP contribution in [-0.2, 0) is 30.8 Å². The third kappa shape index (κ3) is 5.55. The largest absolute Gasteiger partial charge is 0.508 e. The van der Waals surface area contributed by atoms with Crippen molar-refractivity contribution in [2.75, 3.05) is 10.3 Å². The number of carbonyl (C=O) groups is 4. The number of halogens is 5. The SMILES string of the molecule is O=C1C2CC3C(=CCC4C(=O)N(c5cccc([N+](=O)[O-])c5)C(=O)C43)C(c3ccc(O)cc3)C2(c2ccc(Cl)cc2)C(=O)N1Nc1ncc(C(F)(F)F)cc1Cl. The highest BCUT2D eigenvalue weighted by Crippen LogP contribution is 2.64. The lowest BCUT2D eigenvalue weighted by Crippen LogP contribution is -2.53. The van der Waals surface area contributed by atoms with E-state index in [1.165, 1.54) is 30.3 Å². The number of nitrogens with zero attached hydrogens (tertiary/aromatic N) is 4. The van der Waals surface area contributed by atoms with Crippen LogP contribution in [0.3, 0.4) is 0 Å². The standard InChI is InChI=1S/C38H26Cl2F3N5O7/c39-21-8-6-19(7-9-21)37-28(34(51)47(36(37)53)45-32-29(40)14-20(17-44-32)38(41,42)43)16-27-25(31(37)18-4-10-24(49)11-5-18)12-13-26-30(27)35(52)46(33(26)50)22-2-1-3-23(15-22)48(54)55/h1-12,14-15,17,26-28,30-31,49H,13,16H2,(H,44,45). The molecule has 1 aromatic heterocycles. The first-order valence-corrected chi connectivity index (χ1v) is 17.6. The van der Waals surface area contributed by atoms with Crippen molar-refractivity contribution in [2.24, 2.45) is 23.7 Å². The van der Waals surface area contributed by atoms with E-state index in [0.29, 0.717) is 39.0 Å². The Labute approximate surface area is 319 Å². The van der Waals surface area contributed by atoms with E-state index in [0.717, 1.165) is 11.0 Å². The second-order valence-electron chi connectivity index (χ2n) is 13.8. The van der Waals surface area contributed by atoms with Gasteiger partial charge in [0.2, 0.25) is 11.8 Å². The summed E-state index contributed by atoms with van der Waals surface area (Å²) < 4.78 is 40.3. The predicted molar refractivity (Wildman–Crippen MR) is 191 cm³/mol. The molecule has 0 spiro atoms. The second-order valence-corrected chi connectivity index (χ2v) is 14.6. The molecule has 8 rings (SSSR count). The van der Waals surface area contributed by atoms with Gasteiger partial charge in [-0.2, -0.15) is 18.2 Å². The molecular weight excluding hydrogens is 766 g/mol. The number of imide groups is 2. The quantitative estimate of drug-likeness (QED) is 0.0889. The Morgan fingerprint density at radius 3 is 2.29 bits per heavy atom. The van der Waals surface area contributed by atoms with Crippen LogP contribution in [0.25, 0.3) is 0 Å². The highest BCUT2D eigenvalue weighted by Gasteiger charge is 2.70. The zero-order valence-electron chi connectivity index (χ0n) is 28.0. The first-order valence-electron chi connectivity index (χ1n) is 16.9. The Bertz CT molecular complexity index is 2360. The van der Waals surface area contributed by atoms with Gasteiger partial charge in [-0.15, -0.1) is 0 Å². The monoisotopic (exact) mass is 791 g/mol. The molecule has 3 fully saturated rings. The number of allylic oxidation sites excluding steroid dienone is 2. The maximum Gasteiger partial charge on any atom is 0.417 e. The van der Waals surface area contributed by atoms with Gasteiger partial charge in [0.1, 0.15) is 5.75 Å². The molecule has 6 unspecified atom stereocenters. The van der Waals surface area contributed by atoms with Gasteiger partial charge >= 0.3 is 6.18 Å². The number of phenolic OH excluding ortho intramolecular Hbond substituents is 1. The van der Waals surface area contributed by atoms with Crippen molar-refractivity contribution < 1.29 is 42.4 Å². The molecule has 12 nitrogen and oxygen atoms in total. The van der Waals surface area contributed by atoms with Gasteiger partial charge in [-0.1, -0.05) is 65.2 Å². The summed E-state index contributed by atoms with van der Waals surface area (Å²) in [6.07, 6.45) is -2.52. The summed E-state index contributed by atoms with van der Waals surface area (Å²) in [6.45, 7) is 0. The fourth-order valence-corrected chi connectivity index (χ4v) is 9.16. The molecule has 4 amide bonds. The van der Waals surface area contributed by atoms with E-state index in [1.807, 2.05) is 0 Å². The maximum atomic E-state index is 15.2. The number of hydrogen-bond donors (Lipinski definition) is 2. The number of aromatic nitrogens is 1. The molecule has 17 heteroatoms. The molecule has 55 heavy (non-hydrogen) atoms. The summed E-state index contributed by atoms with van der Waals surface area (Å²) in [7, 11) is 0. The van der Waals surface area contributed by atoms with Crippen LogP contribution in [-0.4, -0.2) is 43.7 Å². The number of phenols is 1. The van der Waals surface area contributed by atoms with Crippen LogP contribution in [0.5, 0.6) is 5.75 Å². The molecule has 0 bridgehead atoms. The summed E-state index contributed by atoms with van der Waals surface area (Å²) in [6, 6.07) is 18.0. The number of nitro benzene ring substituents is 1. The number of hydrazine groups is 1. The molecule has 2 aliphatic heterocycles. The molecule has 2 N–H and O–H groups in total. The van der Waals surface area contributed by atoms with Crippen LogP contribution >= 0.6 is 23.2 Å². The van der Waals surface area contributed by atoms with Crippen molar-refractivity contribution in [3.63, 3.8) is 0 Å². The molecule has 6 atom stereocenters. The van der Waals surface area contributed by atoms with E-state index >= 15 is 4.79 Å². The number of amides is 4. The molecule has 4 aliphatic rings. The second kappa shape index (κ2) is 12.9. The third-order valence-corrected chi connectivity index (χ3v) is 11.6. The minimum absolute atomic E-state index is 0.0185. The Kier molecular flexibility index (Phi) is 8.50. The van der Waals surface area contributed by atoms with Crippen molar-refractivity contribution in [1.82, 2.24) is 9.99 Å². The van der Waals surface area contributed by atoms with E-state index < -0.39 is 86.1 Å². The van der Waals surface area contributed by atoms with Gasteiger partial charge in [-0.05, 0) is 66.3 Å². The number of pyridine rings is 1. The van der Waals surface area contributed by atoms with E-state index in [-0.39, 0.29) is 30.0 Å². The Morgan fingerprint density at radius 2 is 1.64 bits per heavy atom. The van der Waals surface area contributed by atoms with Crippen LogP contribution < -0.4 is 10.3 Å². The van der Waals surface area contributed by atoms with Crippen LogP contribution in [0.4, 0.5) is 30.4 Å². The average Bonchev–Trinajstić information content (AvgIpc) is 3.53. The molecule has 2 aliphatic carbocycles. The van der Waals surface area contributed by atoms with Crippen molar-refractivity contribution in [2.45, 2.75) is 30.4 Å². The van der Waals surface area contributed by atoms with Gasteiger partial charge in [0.15, 0.2) is 5.82 Å². The van der Waals surface area contributed by atoms with E-state index in [1.54, 1.807) is 42.5 Å². The highest BCUT2D eigenvalue weighted by atomic mass is 35.5. The van der Waals surface area contributed by atoms with Crippen LogP contribution in [0.1, 0.15) is 35.4 Å². The number of hydrogen-bond acceptors (Lipinski definition) is 9. The number of nitro groups is 1. The first kappa shape index (κ1) is 36.2. The smallest absolute Gasteiger partial charge is 0.417 e. The van der Waals surface area contributed by atoms with Crippen LogP contribution in [0.2, 0.25) is 10.0 Å². The van der Waals surface area contributed by atoms with Crippen molar-refractivity contribution in [3.05, 3.63) is 134 Å². The summed E-state index contributed by atoms with van der Waals surface area (Å²) >= 11 is 12.5. The number of benzene rings is 3. The van der Waals surface area contributed by atoms with Crippen molar-refractivity contribution in [3.8, 4) is 5.75 Å². The summed E-state index contributed by atoms with van der Waals surface area (Å²) in [5.41, 5.74) is 0.776. The maximum absolute atomic E-state index is 15.2. The fourth-order valence-electron chi connectivity index (χ4n) is 8.82. The summed E-state index contributed by atoms with van der Waals surface area (Å²) in [4.78, 5) is 74.0. The summed E-state index contributed by atoms with van der Waals surface area (Å²) in [5.74, 6) is -8.21. The molecular formula is C38H26Cl2F3N5O7. The number of rotatable bonds is 6. The number of fused-ring (bicyclic) bond motifs is 4. The zero-order valence-corrected chi connectivity index (χ0v) is 29.5. The van der Waals surface area contributed by atoms with Gasteiger partial charge in [-0.3, -0.25) is 34.7 Å². The van der Waals surface area contributed by atoms with Crippen molar-refractivity contribution in [1.29, 1.82) is 0 Å². The average molecular weight is 793 g/mol. The minimum atomic E-state index is -4.77. The van der Waals surface area contributed by atoms with Gasteiger partial charge in [0.05, 0.1) is 44.4 Å². The number of carbonyl (C=O) groups excluding carboxylic acids is 4. The lowest BCUT2D eigenvalue weighted by atomic mass is 9.49. The molecule has 2 saturated heterocycles. The Balaban J connectivity index is 1.29. The van der Waals surface area contributed by atoms with E-state index in [9.17, 15) is 42.8 Å². The number of anilines is 2. The Hall–Kier alpha value is -5.80. The van der Waals surface area contributed by atoms with Gasteiger partial charge in [0.25, 0.3) is 17.5 Å². The topological polar surface area (TPSA) is 163 Å². The molecule has 4 aromatic rings. The zero-order chi connectivity index (χ0) is 39.1. The molecule has 1 saturated carbocycles. The van der Waals surface area contributed by atoms with E-state index in [4.69, 9.17) is 23.2 Å². The number of aromatic hydroxyl groups is 1. The highest BCUT2D eigenvalue weighted by molar-refractivity contribution is 6.33. The van der Waals surface area contributed by atoms with E-state index in [2.05, 4.69) is 10.4 Å². The van der Waals surface area contributed by atoms with Crippen molar-refractivity contribution >= 4 is 64.0 Å². The fraction of sp³-hybridized carbons (Fsp3) is 0.237. The molecule has 3 heterocycles. The molecule has 0 radical (unpaired) electrons. The number of nitrogens with one attached hydrogen (secondary N) is 1. The molecule has 3 aromatic carbocycles. The summed E-state index contributed by atoms with van der Waals surface area (Å²) in [5, 5.41) is 22.3. The van der Waals surface area contributed by atoms with Gasteiger partial charge in [-0.25, -0.2) is 9.88 Å². The number of alkyl halides is 3. The number of non-ortho nitro benzene ring substituents is 1. The third-order valence-electron chi connectivity index (χ3n) is 11.1. The van der Waals surface area contributed by atoms with Crippen LogP contribution in [0.15, 0.2) is 96.7 Å². The Morgan fingerprint density at radius 1 is 0.927 bits per heavy atom. The lowest BCUT2D eigenvalue weighted by molar-refractivity contribution is -0.384. The molecule has 280 valence electrons. The van der Waals surface area contributed by atoms with Gasteiger partial charge < -0.3 is 5.11 Å². The first-order chi connectivity index (χ1) is 26.1. The minimum Gasteiger partial charge on any atom is -0.508 e. The predicted octanol–water partition coefficient (Wildman–Crippen LogP) is 7.21. The normalized spacial score (nSPS) is 26.1. The lowest BCUT2D eigenvalue weighted by Gasteiger charge is -2.50.